The summed E-state index contributed by atoms with van der Waals surface area (Å²) in [5.74, 6) is 5.30. The number of hydrogen-bond donors (Lipinski definition) is 3. The second-order valence-electron chi connectivity index (χ2n) is 4.15. The molecule has 0 saturated carbocycles. The van der Waals surface area contributed by atoms with Gasteiger partial charge in [-0.25, -0.2) is 0 Å². The highest BCUT2D eigenvalue weighted by Crippen LogP contribution is 2.24. The summed E-state index contributed by atoms with van der Waals surface area (Å²) in [6.45, 7) is 0.506. The molecule has 0 heterocycles. The summed E-state index contributed by atoms with van der Waals surface area (Å²) >= 11 is 5.90. The van der Waals surface area contributed by atoms with Gasteiger partial charge in [-0.15, -0.1) is 0 Å². The summed E-state index contributed by atoms with van der Waals surface area (Å²) in [4.78, 5) is 10.4. The Morgan fingerprint density at radius 2 is 1.95 bits per heavy atom. The normalized spacial score (nSPS) is 10.1. The Kier molecular flexibility index (Phi) is 4.39. The predicted molar refractivity (Wildman–Crippen MR) is 79.7 cm³/mol. The number of nitrogens with zero attached hydrogens (tertiary/aromatic N) is 1. The minimum Gasteiger partial charge on any atom is -0.381 e. The van der Waals surface area contributed by atoms with Crippen molar-refractivity contribution in [1.82, 2.24) is 0 Å². The molecule has 0 unspecified atom stereocenters. The molecule has 6 nitrogen and oxygen atoms in total. The van der Waals surface area contributed by atoms with E-state index in [0.717, 1.165) is 5.56 Å². The molecular formula is C13H13ClN4O2. The molecule has 0 aliphatic carbocycles. The Bertz CT molecular complexity index is 634. The van der Waals surface area contributed by atoms with E-state index < -0.39 is 4.92 Å². The molecular weight excluding hydrogens is 280 g/mol. The number of hydrogen-bond acceptors (Lipinski definition) is 5. The van der Waals surface area contributed by atoms with Gasteiger partial charge in [0.2, 0.25) is 0 Å². The monoisotopic (exact) mass is 292 g/mol. The van der Waals surface area contributed by atoms with Gasteiger partial charge < -0.3 is 10.7 Å². The third-order valence-corrected chi connectivity index (χ3v) is 2.92. The first kappa shape index (κ1) is 14.1. The van der Waals surface area contributed by atoms with E-state index in [4.69, 9.17) is 17.4 Å². The van der Waals surface area contributed by atoms with Crippen LogP contribution in [0.2, 0.25) is 5.02 Å². The number of hydrazine groups is 1. The van der Waals surface area contributed by atoms with Gasteiger partial charge >= 0.3 is 0 Å². The van der Waals surface area contributed by atoms with Crippen LogP contribution >= 0.6 is 11.6 Å². The van der Waals surface area contributed by atoms with Gasteiger partial charge in [0.15, 0.2) is 0 Å². The maximum Gasteiger partial charge on any atom is 0.273 e. The molecule has 0 atom stereocenters. The second-order valence-corrected chi connectivity index (χ2v) is 4.59. The van der Waals surface area contributed by atoms with Crippen LogP contribution in [0.15, 0.2) is 42.5 Å². The first-order valence-corrected chi connectivity index (χ1v) is 6.20. The zero-order valence-electron chi connectivity index (χ0n) is 10.5. The fraction of sp³-hybridized carbons (Fsp3) is 0.0769. The van der Waals surface area contributed by atoms with E-state index >= 15 is 0 Å². The number of nitrogens with two attached hydrogens (primary N) is 1. The van der Waals surface area contributed by atoms with Crippen LogP contribution in [0.25, 0.3) is 0 Å². The summed E-state index contributed by atoms with van der Waals surface area (Å²) in [7, 11) is 0. The van der Waals surface area contributed by atoms with Crippen LogP contribution in [0, 0.1) is 10.1 Å². The highest BCUT2D eigenvalue weighted by atomic mass is 35.5. The zero-order chi connectivity index (χ0) is 14.5. The average Bonchev–Trinajstić information content (AvgIpc) is 2.45. The number of nitro groups is 1. The van der Waals surface area contributed by atoms with E-state index in [1.165, 1.54) is 12.1 Å². The third-order valence-electron chi connectivity index (χ3n) is 2.68. The standard InChI is InChI=1S/C13H13ClN4O2/c14-10-3-1-2-9(4-10)8-16-11-5-12(17-15)7-13(6-11)18(19)20/h1-7,16-17H,8,15H2. The van der Waals surface area contributed by atoms with Crippen molar-refractivity contribution in [3.8, 4) is 0 Å². The van der Waals surface area contributed by atoms with E-state index in [0.29, 0.717) is 22.9 Å². The molecule has 0 radical (unpaired) electrons. The lowest BCUT2D eigenvalue weighted by Crippen LogP contribution is -2.08. The summed E-state index contributed by atoms with van der Waals surface area (Å²) < 4.78 is 0. The lowest BCUT2D eigenvalue weighted by atomic mass is 10.2. The highest BCUT2D eigenvalue weighted by Gasteiger charge is 2.09. The molecule has 4 N–H and O–H groups in total. The molecule has 0 aromatic heterocycles. The Morgan fingerprint density at radius 3 is 2.60 bits per heavy atom. The number of benzene rings is 2. The van der Waals surface area contributed by atoms with Crippen LogP contribution in [0.3, 0.4) is 0 Å². The Balaban J connectivity index is 2.16. The van der Waals surface area contributed by atoms with E-state index in [1.807, 2.05) is 18.2 Å². The van der Waals surface area contributed by atoms with Crippen molar-refractivity contribution in [2.75, 3.05) is 10.7 Å². The molecule has 0 aliphatic heterocycles. The molecule has 0 fully saturated rings. The van der Waals surface area contributed by atoms with Gasteiger partial charge in [-0.1, -0.05) is 23.7 Å². The van der Waals surface area contributed by atoms with Crippen molar-refractivity contribution in [3.63, 3.8) is 0 Å². The molecule has 2 rings (SSSR count). The number of anilines is 2. The van der Waals surface area contributed by atoms with Gasteiger partial charge in [0.25, 0.3) is 5.69 Å². The largest absolute Gasteiger partial charge is 0.381 e. The molecule has 0 spiro atoms. The topological polar surface area (TPSA) is 93.2 Å². The quantitative estimate of drug-likeness (QED) is 0.447. The smallest absolute Gasteiger partial charge is 0.273 e. The van der Waals surface area contributed by atoms with Crippen molar-refractivity contribution in [1.29, 1.82) is 0 Å². The fourth-order valence-electron chi connectivity index (χ4n) is 1.75. The van der Waals surface area contributed by atoms with Crippen molar-refractivity contribution in [2.24, 2.45) is 5.84 Å². The maximum atomic E-state index is 10.8. The number of halogens is 1. The molecule has 0 saturated heterocycles. The number of rotatable bonds is 5. The van der Waals surface area contributed by atoms with E-state index in [1.54, 1.807) is 12.1 Å². The minimum absolute atomic E-state index is 0.0333. The Morgan fingerprint density at radius 1 is 1.20 bits per heavy atom. The third kappa shape index (κ3) is 3.59. The zero-order valence-corrected chi connectivity index (χ0v) is 11.2. The average molecular weight is 293 g/mol. The van der Waals surface area contributed by atoms with Gasteiger partial charge in [-0.05, 0) is 23.8 Å². The summed E-state index contributed by atoms with van der Waals surface area (Å²) in [6.07, 6.45) is 0. The van der Waals surface area contributed by atoms with Crippen molar-refractivity contribution in [2.45, 2.75) is 6.54 Å². The van der Waals surface area contributed by atoms with Crippen molar-refractivity contribution >= 4 is 28.7 Å². The maximum absolute atomic E-state index is 10.8. The minimum atomic E-state index is -0.467. The van der Waals surface area contributed by atoms with Gasteiger partial charge in [0.1, 0.15) is 0 Å². The first-order chi connectivity index (χ1) is 9.58. The van der Waals surface area contributed by atoms with Gasteiger partial charge in [-0.2, -0.15) is 0 Å². The number of nitrogen functional groups attached to an aromatic ring is 1. The van der Waals surface area contributed by atoms with Crippen LogP contribution in [-0.2, 0) is 6.54 Å². The molecule has 7 heteroatoms. The van der Waals surface area contributed by atoms with Crippen LogP contribution < -0.4 is 16.6 Å². The van der Waals surface area contributed by atoms with Crippen LogP contribution in [0.5, 0.6) is 0 Å². The molecule has 104 valence electrons. The summed E-state index contributed by atoms with van der Waals surface area (Å²) in [5, 5.41) is 14.6. The lowest BCUT2D eigenvalue weighted by Gasteiger charge is -2.09. The van der Waals surface area contributed by atoms with Gasteiger partial charge in [-0.3, -0.25) is 16.0 Å². The first-order valence-electron chi connectivity index (χ1n) is 5.83. The molecule has 0 amide bonds. The van der Waals surface area contributed by atoms with E-state index in [2.05, 4.69) is 10.7 Å². The van der Waals surface area contributed by atoms with Crippen LogP contribution in [-0.4, -0.2) is 4.92 Å². The molecule has 2 aromatic carbocycles. The van der Waals surface area contributed by atoms with Crippen LogP contribution in [0.1, 0.15) is 5.56 Å². The van der Waals surface area contributed by atoms with Gasteiger partial charge in [0.05, 0.1) is 10.6 Å². The number of nitro benzene ring substituents is 1. The summed E-state index contributed by atoms with van der Waals surface area (Å²) in [6, 6.07) is 11.9. The molecule has 0 bridgehead atoms. The fourth-order valence-corrected chi connectivity index (χ4v) is 1.97. The number of non-ortho nitro benzene ring substituents is 1. The number of nitrogens with one attached hydrogen (secondary N) is 2. The molecule has 2 aromatic rings. The Labute approximate surface area is 120 Å². The molecule has 0 aliphatic rings. The lowest BCUT2D eigenvalue weighted by molar-refractivity contribution is -0.384. The molecule has 20 heavy (non-hydrogen) atoms. The Hall–Kier alpha value is -2.31. The van der Waals surface area contributed by atoms with Gasteiger partial charge in [0, 0.05) is 29.4 Å². The van der Waals surface area contributed by atoms with Crippen LogP contribution in [0.4, 0.5) is 17.1 Å². The second kappa shape index (κ2) is 6.23. The van der Waals surface area contributed by atoms with E-state index in [-0.39, 0.29) is 5.69 Å². The van der Waals surface area contributed by atoms with Crippen molar-refractivity contribution < 1.29 is 4.92 Å². The van der Waals surface area contributed by atoms with E-state index in [9.17, 15) is 10.1 Å². The van der Waals surface area contributed by atoms with Crippen molar-refractivity contribution in [3.05, 3.63) is 63.2 Å². The predicted octanol–water partition coefficient (Wildman–Crippen LogP) is 3.15. The SMILES string of the molecule is NNc1cc(NCc2cccc(Cl)c2)cc([N+](=O)[O-])c1. The highest BCUT2D eigenvalue weighted by molar-refractivity contribution is 6.30. The summed E-state index contributed by atoms with van der Waals surface area (Å²) in [5.41, 5.74) is 4.42.